The number of aryl methyl sites for hydroxylation is 1. The Morgan fingerprint density at radius 1 is 0.739 bits per heavy atom. The summed E-state index contributed by atoms with van der Waals surface area (Å²) in [6.45, 7) is 20.3. The minimum absolute atomic E-state index is 0.0316. The van der Waals surface area contributed by atoms with E-state index in [1.807, 2.05) is 63.9 Å². The number of likely N-dealkylation sites (tertiary alicyclic amines) is 2. The summed E-state index contributed by atoms with van der Waals surface area (Å²) in [4.78, 5) is 134. The summed E-state index contributed by atoms with van der Waals surface area (Å²) in [6.07, 6.45) is 26.6. The van der Waals surface area contributed by atoms with Crippen molar-refractivity contribution < 1.29 is 67.5 Å². The lowest BCUT2D eigenvalue weighted by atomic mass is 9.88. The molecule has 2 aliphatic heterocycles. The maximum Gasteiger partial charge on any atom is 0.329 e. The Labute approximate surface area is 802 Å². The summed E-state index contributed by atoms with van der Waals surface area (Å²) in [6, 6.07) is 23.2. The number of anilines is 2. The van der Waals surface area contributed by atoms with Gasteiger partial charge in [-0.3, -0.25) is 47.6 Å². The third-order valence-electron chi connectivity index (χ3n) is 24.0. The molecule has 6 amide bonds. The number of piperidine rings is 2. The van der Waals surface area contributed by atoms with Gasteiger partial charge < -0.3 is 79.8 Å². The summed E-state index contributed by atoms with van der Waals surface area (Å²) in [5.41, 5.74) is 8.80. The van der Waals surface area contributed by atoms with Crippen molar-refractivity contribution in [2.24, 2.45) is 11.8 Å². The highest BCUT2D eigenvalue weighted by molar-refractivity contribution is 8.00. The van der Waals surface area contributed by atoms with Crippen molar-refractivity contribution in [3.63, 3.8) is 0 Å². The van der Waals surface area contributed by atoms with Gasteiger partial charge in [-0.2, -0.15) is 16.9 Å². The lowest BCUT2D eigenvalue weighted by Gasteiger charge is -2.32. The number of hydrogen-bond donors (Lipinski definition) is 8. The van der Waals surface area contributed by atoms with Gasteiger partial charge in [0.25, 0.3) is 17.4 Å². The number of aromatic nitrogens is 9. The van der Waals surface area contributed by atoms with E-state index in [-0.39, 0.29) is 88.5 Å². The highest BCUT2D eigenvalue weighted by atomic mass is 35.5. The van der Waals surface area contributed by atoms with E-state index < -0.39 is 0 Å². The predicted octanol–water partition coefficient (Wildman–Crippen LogP) is 14.1. The fraction of sp³-hybridized carbons (Fsp3) is 0.557. The molecule has 0 spiro atoms. The second kappa shape index (κ2) is 56.0. The molecule has 4 aromatic carbocycles. The highest BCUT2D eigenvalue weighted by Crippen LogP contribution is 2.36. The first-order chi connectivity index (χ1) is 64.9. The Bertz CT molecular complexity index is 5340. The molecule has 3 saturated carbocycles. The summed E-state index contributed by atoms with van der Waals surface area (Å²) in [5.74, 6) is 2.84. The molecular formula is C97H136ClN17O16S3. The Morgan fingerprint density at radius 3 is 2.15 bits per heavy atom. The van der Waals surface area contributed by atoms with Gasteiger partial charge in [0.05, 0.1) is 87.8 Å². The molecule has 5 aromatic heterocycles. The Hall–Kier alpha value is -9.86. The molecule has 5 fully saturated rings. The van der Waals surface area contributed by atoms with Crippen LogP contribution in [0.2, 0.25) is 5.02 Å². The van der Waals surface area contributed by atoms with Gasteiger partial charge in [-0.05, 0) is 214 Å². The number of ether oxygens (including phenoxy) is 5. The number of methoxy groups -OCH3 is 3. The van der Waals surface area contributed by atoms with Crippen LogP contribution in [0.15, 0.2) is 118 Å². The van der Waals surface area contributed by atoms with Gasteiger partial charge in [0.2, 0.25) is 11.8 Å². The zero-order chi connectivity index (χ0) is 95.8. The van der Waals surface area contributed by atoms with Gasteiger partial charge in [-0.1, -0.05) is 61.9 Å². The molecular weight excluding hydrogens is 1790 g/mol. The van der Waals surface area contributed by atoms with E-state index in [4.69, 9.17) is 35.3 Å². The maximum absolute atomic E-state index is 13.3. The largest absolute Gasteiger partial charge is 0.497 e. The summed E-state index contributed by atoms with van der Waals surface area (Å²) in [7, 11) is 4.86. The maximum atomic E-state index is 13.3. The Balaban J connectivity index is 0.000000174. The summed E-state index contributed by atoms with van der Waals surface area (Å²) in [5, 5.41) is 39.6. The molecule has 730 valence electrons. The summed E-state index contributed by atoms with van der Waals surface area (Å²) < 4.78 is 34.4. The van der Waals surface area contributed by atoms with Crippen LogP contribution in [-0.4, -0.2) is 259 Å². The lowest BCUT2D eigenvalue weighted by Crippen LogP contribution is -2.42. The van der Waals surface area contributed by atoms with Crippen molar-refractivity contribution in [1.82, 2.24) is 74.1 Å². The number of carbonyl (C=O) groups excluding carboxylic acids is 7. The van der Waals surface area contributed by atoms with E-state index >= 15 is 0 Å². The van der Waals surface area contributed by atoms with Crippen LogP contribution in [0.1, 0.15) is 214 Å². The molecule has 5 aliphatic rings. The lowest BCUT2D eigenvalue weighted by molar-refractivity contribution is -0.121. The van der Waals surface area contributed by atoms with Crippen LogP contribution >= 0.6 is 46.5 Å². The number of unbranched alkanes of at least 4 members (excludes halogenated alkanes) is 1. The van der Waals surface area contributed by atoms with Crippen molar-refractivity contribution in [3.05, 3.63) is 162 Å². The number of nitrogens with zero attached hydrogens (tertiary/aromatic N) is 11. The molecule has 37 heteroatoms. The average Bonchev–Trinajstić information content (AvgIpc) is 1.60. The molecule has 9 aromatic rings. The number of ketones is 2. The average molecular weight is 1930 g/mol. The normalized spacial score (nSPS) is 15.3. The second-order valence-corrected chi connectivity index (χ2v) is 37.8. The first-order valence-electron chi connectivity index (χ1n) is 47.0. The van der Waals surface area contributed by atoms with Gasteiger partial charge in [-0.25, -0.2) is 29.2 Å². The standard InChI is InChI=1S/C23H33N3O3S.C23H30N2O5S.C22H31N3O3.C15H24N4O3S.C14H18ClN5O2/c1-29-12-11-26-16-24-20-15-18(25-23(28)17-8-4-3-5-9-17)14-19(22(20)26)21(27)10-6-7-13-30-2;1-16(26)22-12-17(15-31-22)14-25-9-6-18(7-10-25)30-21-13-19(29-3)4-5-20(21)23(27)24-8-11-28-2;1-2-23(12-13-26)21(27)17-10-11-19-20(14-17)24(15-16-8-9-16)22(28)25(19)18-6-4-3-5-7-18;1-10-9-13(21)18-15(17-10)23-11(2)14(22)16-5-8-19-6-3-12(20)4-7-19;1-2-22-7-3-6-17-14(21)19-11-4-5-13(12(15)8-11)20-10-16-9-18-20/h14-17H,3-13H2,1-2H3,(H,25,28);4-5,12-13,15,18H,6-11,14H2,1-3H3,(H,24,27);10-11,14,16,18,26H,2-9,12-13,15H2,1H3;9,11-12,20H,3-8H2,1-2H3,(H,16,22)(H,17,18,21);4-5,8-10H,2-3,6-7H2,1H3,(H2,17,19,21). The molecule has 8 N–H and O–H groups in total. The van der Waals surface area contributed by atoms with Crippen LogP contribution in [0.5, 0.6) is 11.5 Å². The molecule has 1 unspecified atom stereocenters. The number of halogens is 1. The number of aliphatic hydroxyl groups is 2. The second-order valence-electron chi connectivity index (χ2n) is 34.2. The molecule has 0 bridgehead atoms. The molecule has 134 heavy (non-hydrogen) atoms. The van der Waals surface area contributed by atoms with E-state index in [9.17, 15) is 53.4 Å². The zero-order valence-corrected chi connectivity index (χ0v) is 82.2. The number of imidazole rings is 2. The van der Waals surface area contributed by atoms with E-state index in [2.05, 4.69) is 73.1 Å². The predicted molar refractivity (Wildman–Crippen MR) is 528 cm³/mol. The van der Waals surface area contributed by atoms with Crippen LogP contribution in [0.4, 0.5) is 16.2 Å². The van der Waals surface area contributed by atoms with Gasteiger partial charge in [-0.15, -0.1) is 11.3 Å². The van der Waals surface area contributed by atoms with Crippen molar-refractivity contribution in [3.8, 4) is 17.2 Å². The minimum Gasteiger partial charge on any atom is -0.497 e. The quantitative estimate of drug-likeness (QED) is 0.00763. The van der Waals surface area contributed by atoms with Crippen LogP contribution in [-0.2, 0) is 43.4 Å². The smallest absolute Gasteiger partial charge is 0.329 e. The Kier molecular flexibility index (Phi) is 44.4. The number of urea groups is 1. The molecule has 2 saturated heterocycles. The number of H-pyrrole nitrogens is 1. The number of amides is 6. The topological polar surface area (TPSA) is 397 Å². The first-order valence-corrected chi connectivity index (χ1v) is 50.5. The highest BCUT2D eigenvalue weighted by Gasteiger charge is 2.31. The fourth-order valence-corrected chi connectivity index (χ4v) is 18.9. The van der Waals surface area contributed by atoms with Gasteiger partial charge >= 0.3 is 11.7 Å². The number of Topliss-reactive ketones (excluding diaryl/α,β-unsaturated/α-hetero) is 2. The SMILES string of the molecule is CCN(CCO)C(=O)c1ccc2c(c1)n(CC1CC1)c(=O)n2C1CCCCC1.CCOCCCNC(=O)Nc1ccc(-n2cncn2)c(Cl)c1.COCCNC(=O)c1ccc(OC)cc1OC1CCN(Cc2csc(C(C)=O)c2)CC1.COCCn1cnc2cc(NC(=O)C3CCCCC3)cc(C(=O)CCCCSC)c21.Cc1cc(=O)[nH]c(SC(C)C(=O)NCCN2CCC(O)CC2)n1. The van der Waals surface area contributed by atoms with Gasteiger partial charge in [0, 0.05) is 171 Å². The number of nitrogens with one attached hydrogen (secondary N) is 6. The molecule has 33 nitrogen and oxygen atoms in total. The van der Waals surface area contributed by atoms with Gasteiger partial charge in [0.1, 0.15) is 30.3 Å². The number of rotatable bonds is 41. The Morgan fingerprint density at radius 2 is 1.49 bits per heavy atom. The van der Waals surface area contributed by atoms with E-state index in [1.165, 1.54) is 79.6 Å². The molecule has 0 radical (unpaired) electrons. The fourth-order valence-electron chi connectivity index (χ4n) is 16.5. The third-order valence-corrected chi connectivity index (χ3v) is 27.1. The molecule has 3 aliphatic carbocycles. The number of likely N-dealkylation sites (N-methyl/N-ethyl adjacent to an activating group) is 1. The van der Waals surface area contributed by atoms with E-state index in [0.717, 1.165) is 162 Å². The van der Waals surface area contributed by atoms with Crippen LogP contribution < -0.4 is 47.3 Å². The summed E-state index contributed by atoms with van der Waals surface area (Å²) >= 11 is 10.7. The number of thioether (sulfide) groups is 2. The molecule has 14 rings (SSSR count). The number of aromatic amines is 1. The van der Waals surface area contributed by atoms with Crippen LogP contribution in [0.25, 0.3) is 27.8 Å². The number of hydrogen-bond acceptors (Lipinski definition) is 25. The number of aliphatic hydroxyl groups excluding tert-OH is 2. The van der Waals surface area contributed by atoms with Crippen LogP contribution in [0, 0.1) is 18.8 Å². The van der Waals surface area contributed by atoms with Crippen LogP contribution in [0.3, 0.4) is 0 Å². The number of benzene rings is 4. The van der Waals surface area contributed by atoms with Crippen molar-refractivity contribution in [2.75, 3.05) is 142 Å². The van der Waals surface area contributed by atoms with Gasteiger partial charge in [0.15, 0.2) is 16.7 Å². The van der Waals surface area contributed by atoms with E-state index in [0.29, 0.717) is 139 Å². The van der Waals surface area contributed by atoms with Crippen molar-refractivity contribution in [1.29, 1.82) is 0 Å². The van der Waals surface area contributed by atoms with E-state index in [1.54, 1.807) is 112 Å². The minimum atomic E-state index is -0.330. The number of carbonyl (C=O) groups is 7. The van der Waals surface area contributed by atoms with Crippen molar-refractivity contribution in [2.45, 2.75) is 211 Å². The first kappa shape index (κ1) is 106. The molecule has 1 atom stereocenters. The monoisotopic (exact) mass is 1930 g/mol. The zero-order valence-electron chi connectivity index (χ0n) is 79.0. The molecule has 7 heterocycles. The number of fused-ring (bicyclic) bond motifs is 2. The number of thiophene rings is 1. The van der Waals surface area contributed by atoms with Crippen molar-refractivity contribution >= 4 is 121 Å². The third kappa shape index (κ3) is 33.3.